The number of carbonyl (C=O) groups is 4. The molecule has 2 aliphatic carbocycles. The summed E-state index contributed by atoms with van der Waals surface area (Å²) in [5, 5.41) is 32.3. The summed E-state index contributed by atoms with van der Waals surface area (Å²) < 4.78 is 40.7. The van der Waals surface area contributed by atoms with E-state index in [1.165, 1.54) is 30.3 Å². The summed E-state index contributed by atoms with van der Waals surface area (Å²) in [6.45, 7) is 0. The quantitative estimate of drug-likeness (QED) is 0.0896. The van der Waals surface area contributed by atoms with Crippen molar-refractivity contribution in [2.75, 3.05) is 10.3 Å². The number of phenols is 1. The maximum absolute atomic E-state index is 15.5. The number of aromatic hydroxyl groups is 1. The molecule has 5 aromatic rings. The van der Waals surface area contributed by atoms with Crippen LogP contribution in [-0.4, -0.2) is 55.9 Å². The van der Waals surface area contributed by atoms with Crippen molar-refractivity contribution in [2.24, 2.45) is 23.7 Å². The largest absolute Gasteiger partial charge is 0.507 e. The molecule has 6 atom stereocenters. The van der Waals surface area contributed by atoms with Crippen molar-refractivity contribution in [1.82, 2.24) is 9.99 Å². The number of hydrazine groups is 1. The number of imide groups is 2. The van der Waals surface area contributed by atoms with Gasteiger partial charge in [0.1, 0.15) is 5.75 Å². The normalized spacial score (nSPS) is 25.2. The monoisotopic (exact) mass is 840 g/mol. The van der Waals surface area contributed by atoms with Crippen molar-refractivity contribution < 1.29 is 47.5 Å². The van der Waals surface area contributed by atoms with Crippen molar-refractivity contribution >= 4 is 81.7 Å². The van der Waals surface area contributed by atoms with Crippen LogP contribution in [0.5, 0.6) is 5.75 Å². The first-order valence-corrected chi connectivity index (χ1v) is 19.3. The molecule has 0 radical (unpaired) electrons. The lowest BCUT2D eigenvalue weighted by molar-refractivity contribution is -0.139. The first-order chi connectivity index (χ1) is 28.1. The molecule has 4 N–H and O–H groups in total. The minimum Gasteiger partial charge on any atom is -0.507 e. The maximum Gasteiger partial charge on any atom is 0.488 e. The highest BCUT2D eigenvalue weighted by molar-refractivity contribution is 6.58. The third-order valence-electron chi connectivity index (χ3n) is 12.2. The molecule has 0 bridgehead atoms. The standard InChI is InChI=1S/C42H30BCl2F3N4O7/c44-23-10-8-20(9-11-23)41-31(38(55)52(40(41)57)50-36-32(45)16-21(19-49-36)42(46,47)48)18-30-28(35(41)27-14-15-33(53)26-7-2-1-6-25(26)27)12-13-29-34(30)39(56)51(37(29)54)24-5-3-4-22(17-24)43(58)59/h1-12,14-17,19,29-31,34-35,53,58-59H,13,18H2,(H,49,50)/t29-,30+,31-,34-,35-,41+/m0/s1. The number of allylic oxidation sites excluding steroid dienone is 2. The van der Waals surface area contributed by atoms with Gasteiger partial charge in [0.05, 0.1) is 39.4 Å². The zero-order valence-electron chi connectivity index (χ0n) is 30.4. The van der Waals surface area contributed by atoms with Crippen LogP contribution in [-0.2, 0) is 30.8 Å². The Kier molecular flexibility index (Phi) is 9.16. The highest BCUT2D eigenvalue weighted by Crippen LogP contribution is 2.65. The molecule has 4 aromatic carbocycles. The van der Waals surface area contributed by atoms with Crippen molar-refractivity contribution in [3.63, 3.8) is 0 Å². The summed E-state index contributed by atoms with van der Waals surface area (Å²) in [6.07, 6.45) is -2.43. The van der Waals surface area contributed by atoms with Crippen LogP contribution in [0.15, 0.2) is 109 Å². The second-order valence-electron chi connectivity index (χ2n) is 15.1. The number of benzene rings is 4. The van der Waals surface area contributed by atoms with Crippen LogP contribution in [0.25, 0.3) is 10.8 Å². The molecule has 0 unspecified atom stereocenters. The van der Waals surface area contributed by atoms with Gasteiger partial charge in [-0.2, -0.15) is 18.2 Å². The summed E-state index contributed by atoms with van der Waals surface area (Å²) in [5.41, 5.74) is 1.39. The third kappa shape index (κ3) is 5.85. The number of aromatic nitrogens is 1. The number of hydrogen-bond acceptors (Lipinski definition) is 9. The second-order valence-corrected chi connectivity index (χ2v) is 16.0. The third-order valence-corrected chi connectivity index (χ3v) is 12.8. The van der Waals surface area contributed by atoms with E-state index in [2.05, 4.69) is 10.4 Å². The topological polar surface area (TPSA) is 160 Å². The number of nitrogens with zero attached hydrogens (tertiary/aromatic N) is 3. The molecule has 59 heavy (non-hydrogen) atoms. The van der Waals surface area contributed by atoms with E-state index in [-0.39, 0.29) is 29.7 Å². The first-order valence-electron chi connectivity index (χ1n) is 18.5. The number of fused-ring (bicyclic) bond motifs is 5. The van der Waals surface area contributed by atoms with Crippen molar-refractivity contribution in [3.05, 3.63) is 136 Å². The van der Waals surface area contributed by atoms with E-state index < -0.39 is 88.3 Å². The van der Waals surface area contributed by atoms with Gasteiger partial charge in [-0.1, -0.05) is 89.4 Å². The fourth-order valence-electron chi connectivity index (χ4n) is 9.76. The molecule has 4 aliphatic rings. The number of rotatable bonds is 6. The molecule has 2 saturated heterocycles. The number of nitrogens with one attached hydrogen (secondary N) is 1. The Morgan fingerprint density at radius 2 is 1.58 bits per heavy atom. The zero-order valence-corrected chi connectivity index (χ0v) is 31.9. The Morgan fingerprint density at radius 1 is 0.847 bits per heavy atom. The van der Waals surface area contributed by atoms with E-state index >= 15 is 9.59 Å². The number of pyridine rings is 1. The van der Waals surface area contributed by atoms with Crippen LogP contribution in [0.4, 0.5) is 24.7 Å². The Morgan fingerprint density at radius 3 is 2.27 bits per heavy atom. The molecule has 2 aliphatic heterocycles. The lowest BCUT2D eigenvalue weighted by atomic mass is 9.49. The Balaban J connectivity index is 1.25. The summed E-state index contributed by atoms with van der Waals surface area (Å²) in [4.78, 5) is 64.3. The molecule has 4 amide bonds. The summed E-state index contributed by atoms with van der Waals surface area (Å²) in [6, 6.07) is 22.9. The molecule has 298 valence electrons. The lowest BCUT2D eigenvalue weighted by Crippen LogP contribution is -2.53. The number of amides is 4. The minimum absolute atomic E-state index is 0.0472. The number of carbonyl (C=O) groups excluding carboxylic acids is 4. The van der Waals surface area contributed by atoms with Crippen LogP contribution < -0.4 is 15.8 Å². The first kappa shape index (κ1) is 38.8. The Bertz CT molecular complexity index is 2660. The molecule has 17 heteroatoms. The molecule has 3 heterocycles. The number of phenolic OH excluding ortho intramolecular Hbond substituents is 1. The number of halogens is 5. The van der Waals surface area contributed by atoms with E-state index in [1.807, 2.05) is 6.08 Å². The minimum atomic E-state index is -4.78. The van der Waals surface area contributed by atoms with E-state index in [0.29, 0.717) is 49.8 Å². The van der Waals surface area contributed by atoms with Crippen LogP contribution in [0, 0.1) is 23.7 Å². The molecule has 1 aromatic heterocycles. The van der Waals surface area contributed by atoms with Gasteiger partial charge in [0.15, 0.2) is 5.82 Å². The van der Waals surface area contributed by atoms with Crippen LogP contribution >= 0.6 is 23.2 Å². The van der Waals surface area contributed by atoms with Crippen LogP contribution in [0.1, 0.15) is 35.4 Å². The van der Waals surface area contributed by atoms with E-state index in [0.717, 1.165) is 4.90 Å². The zero-order chi connectivity index (χ0) is 41.7. The fourth-order valence-corrected chi connectivity index (χ4v) is 10.1. The highest BCUT2D eigenvalue weighted by atomic mass is 35.5. The fraction of sp³-hybridized carbons (Fsp3) is 0.214. The van der Waals surface area contributed by atoms with Gasteiger partial charge < -0.3 is 15.2 Å². The maximum atomic E-state index is 15.5. The van der Waals surface area contributed by atoms with E-state index in [1.54, 1.807) is 54.6 Å². The predicted octanol–water partition coefficient (Wildman–Crippen LogP) is 6.14. The van der Waals surface area contributed by atoms with Crippen molar-refractivity contribution in [1.29, 1.82) is 0 Å². The SMILES string of the molecule is O=C1[C@@H]2C[C@@H]3C(=CC[C@@H]4C(=O)N(c5cccc(B(O)O)c5)C(=O)[C@@H]43)[C@H](c3ccc(O)c4ccccc34)[C@]2(c2ccc(Cl)cc2)C(=O)N1Nc1ncc(C(F)(F)F)cc1Cl. The molecule has 9 rings (SSSR count). The second kappa shape index (κ2) is 13.9. The van der Waals surface area contributed by atoms with Gasteiger partial charge in [-0.15, -0.1) is 0 Å². The van der Waals surface area contributed by atoms with Crippen LogP contribution in [0.3, 0.4) is 0 Å². The molecule has 11 nitrogen and oxygen atoms in total. The molecular formula is C42H30BCl2F3N4O7. The predicted molar refractivity (Wildman–Crippen MR) is 211 cm³/mol. The van der Waals surface area contributed by atoms with Gasteiger partial charge in [-0.3, -0.25) is 29.5 Å². The van der Waals surface area contributed by atoms with Gasteiger partial charge >= 0.3 is 13.3 Å². The molecule has 1 saturated carbocycles. The van der Waals surface area contributed by atoms with Crippen molar-refractivity contribution in [2.45, 2.75) is 30.4 Å². The number of hydrogen-bond donors (Lipinski definition) is 4. The molecule has 3 fully saturated rings. The Hall–Kier alpha value is -5.74. The summed E-state index contributed by atoms with van der Waals surface area (Å²) >= 11 is 12.7. The summed E-state index contributed by atoms with van der Waals surface area (Å²) in [5.74, 6) is -8.03. The average Bonchev–Trinajstić information content (AvgIpc) is 3.59. The number of anilines is 2. The Labute approximate surface area is 343 Å². The van der Waals surface area contributed by atoms with E-state index in [9.17, 15) is 37.9 Å². The van der Waals surface area contributed by atoms with Gasteiger partial charge in [0.25, 0.3) is 11.8 Å². The average molecular weight is 841 g/mol. The van der Waals surface area contributed by atoms with Gasteiger partial charge in [-0.05, 0) is 77.1 Å². The van der Waals surface area contributed by atoms with Crippen molar-refractivity contribution in [3.8, 4) is 5.75 Å². The van der Waals surface area contributed by atoms with Gasteiger partial charge in [-0.25, -0.2) is 4.98 Å². The van der Waals surface area contributed by atoms with Gasteiger partial charge in [0.2, 0.25) is 11.8 Å². The smallest absolute Gasteiger partial charge is 0.488 e. The van der Waals surface area contributed by atoms with Gasteiger partial charge in [0, 0.05) is 22.5 Å². The molecule has 0 spiro atoms. The van der Waals surface area contributed by atoms with E-state index in [4.69, 9.17) is 23.2 Å². The lowest BCUT2D eigenvalue weighted by Gasteiger charge is -2.51. The number of alkyl halides is 3. The van der Waals surface area contributed by atoms with Crippen LogP contribution in [0.2, 0.25) is 10.0 Å². The molecular weight excluding hydrogens is 811 g/mol. The summed E-state index contributed by atoms with van der Waals surface area (Å²) in [7, 11) is -1.87. The highest BCUT2D eigenvalue weighted by Gasteiger charge is 2.70.